The maximum absolute atomic E-state index is 13.3. The molecular weight excluding hydrogens is 458 g/mol. The molecule has 0 fully saturated rings. The van der Waals surface area contributed by atoms with Gasteiger partial charge in [-0.05, 0) is 51.1 Å². The number of fused-ring (bicyclic) bond motifs is 1. The highest BCUT2D eigenvalue weighted by atomic mass is 32.1. The van der Waals surface area contributed by atoms with E-state index < -0.39 is 0 Å². The highest BCUT2D eigenvalue weighted by molar-refractivity contribution is 7.19. The lowest BCUT2D eigenvalue weighted by Crippen LogP contribution is -2.14. The third-order valence-electron chi connectivity index (χ3n) is 4.75. The predicted molar refractivity (Wildman–Crippen MR) is 129 cm³/mol. The molecule has 0 aliphatic heterocycles. The van der Waals surface area contributed by atoms with Crippen molar-refractivity contribution in [1.82, 2.24) is 19.8 Å². The topological polar surface area (TPSA) is 109 Å². The summed E-state index contributed by atoms with van der Waals surface area (Å²) in [6, 6.07) is 8.75. The van der Waals surface area contributed by atoms with Gasteiger partial charge in [-0.15, -0.1) is 10.2 Å². The van der Waals surface area contributed by atoms with Crippen LogP contribution in [0.1, 0.15) is 31.1 Å². The van der Waals surface area contributed by atoms with E-state index in [4.69, 9.17) is 18.9 Å². The summed E-state index contributed by atoms with van der Waals surface area (Å²) in [6.07, 6.45) is 1.54. The molecule has 0 aliphatic carbocycles. The second kappa shape index (κ2) is 10.4. The summed E-state index contributed by atoms with van der Waals surface area (Å²) >= 11 is 1.39. The number of nitrogens with zero attached hydrogens (tertiary/aromatic N) is 4. The van der Waals surface area contributed by atoms with Crippen LogP contribution in [0.2, 0.25) is 0 Å². The number of hydrogen-bond acceptors (Lipinski definition) is 9. The van der Waals surface area contributed by atoms with Gasteiger partial charge in [-0.1, -0.05) is 11.3 Å². The summed E-state index contributed by atoms with van der Waals surface area (Å²) in [7, 11) is 1.55. The molecule has 0 unspecified atom stereocenters. The molecule has 4 rings (SSSR count). The van der Waals surface area contributed by atoms with Crippen LogP contribution >= 0.6 is 11.3 Å². The number of hydrogen-bond donors (Lipinski definition) is 1. The first-order chi connectivity index (χ1) is 16.6. The number of anilines is 1. The Morgan fingerprint density at radius 2 is 1.71 bits per heavy atom. The summed E-state index contributed by atoms with van der Waals surface area (Å²) < 4.78 is 24.3. The molecule has 2 aromatic heterocycles. The number of amides is 1. The molecule has 0 bridgehead atoms. The average molecular weight is 484 g/mol. The van der Waals surface area contributed by atoms with Crippen LogP contribution in [0.3, 0.4) is 0 Å². The Labute approximate surface area is 200 Å². The summed E-state index contributed by atoms with van der Waals surface area (Å²) in [4.78, 5) is 13.9. The number of ether oxygens (including phenoxy) is 4. The molecule has 0 saturated carbocycles. The van der Waals surface area contributed by atoms with E-state index in [1.165, 1.54) is 11.3 Å². The molecule has 0 atom stereocenters. The summed E-state index contributed by atoms with van der Waals surface area (Å²) in [5, 5.41) is 16.0. The first-order valence-corrected chi connectivity index (χ1v) is 11.6. The van der Waals surface area contributed by atoms with Gasteiger partial charge in [0.05, 0.1) is 32.6 Å². The van der Waals surface area contributed by atoms with Crippen LogP contribution < -0.4 is 24.3 Å². The highest BCUT2D eigenvalue weighted by Crippen LogP contribution is 2.40. The fourth-order valence-corrected chi connectivity index (χ4v) is 4.15. The van der Waals surface area contributed by atoms with Crippen LogP contribution in [-0.2, 0) is 0 Å². The number of carbonyl (C=O) groups is 1. The zero-order valence-electron chi connectivity index (χ0n) is 19.3. The quantitative estimate of drug-likeness (QED) is 0.355. The van der Waals surface area contributed by atoms with Crippen LogP contribution in [0.5, 0.6) is 23.0 Å². The Balaban J connectivity index is 1.68. The van der Waals surface area contributed by atoms with E-state index in [-0.39, 0.29) is 5.91 Å². The maximum Gasteiger partial charge on any atom is 0.256 e. The van der Waals surface area contributed by atoms with E-state index in [9.17, 15) is 4.79 Å². The smallest absolute Gasteiger partial charge is 0.256 e. The summed E-state index contributed by atoms with van der Waals surface area (Å²) in [5.74, 6) is 1.53. The lowest BCUT2D eigenvalue weighted by molar-refractivity contribution is 0.102. The predicted octanol–water partition coefficient (Wildman–Crippen LogP) is 4.31. The van der Waals surface area contributed by atoms with E-state index in [0.29, 0.717) is 59.0 Å². The molecule has 1 amide bonds. The van der Waals surface area contributed by atoms with Gasteiger partial charge < -0.3 is 24.3 Å². The van der Waals surface area contributed by atoms with Crippen molar-refractivity contribution >= 4 is 27.9 Å². The highest BCUT2D eigenvalue weighted by Gasteiger charge is 2.20. The molecule has 4 aromatic rings. The van der Waals surface area contributed by atoms with E-state index in [1.807, 2.05) is 32.9 Å². The zero-order chi connectivity index (χ0) is 24.1. The van der Waals surface area contributed by atoms with Gasteiger partial charge >= 0.3 is 0 Å². The van der Waals surface area contributed by atoms with Crippen LogP contribution in [0.25, 0.3) is 15.5 Å². The normalized spacial score (nSPS) is 10.8. The third kappa shape index (κ3) is 4.74. The van der Waals surface area contributed by atoms with Gasteiger partial charge in [-0.3, -0.25) is 4.79 Å². The minimum Gasteiger partial charge on any atom is -0.495 e. The van der Waals surface area contributed by atoms with Crippen molar-refractivity contribution in [1.29, 1.82) is 0 Å². The van der Waals surface area contributed by atoms with Gasteiger partial charge in [0.2, 0.25) is 10.7 Å². The Bertz CT molecular complexity index is 1250. The largest absolute Gasteiger partial charge is 0.495 e. The van der Waals surface area contributed by atoms with Gasteiger partial charge in [-0.2, -0.15) is 9.61 Å². The molecule has 10 nitrogen and oxygen atoms in total. The second-order valence-electron chi connectivity index (χ2n) is 6.94. The van der Waals surface area contributed by atoms with Crippen molar-refractivity contribution < 1.29 is 23.7 Å². The van der Waals surface area contributed by atoms with Gasteiger partial charge in [-0.25, -0.2) is 0 Å². The first kappa shape index (κ1) is 23.3. The number of rotatable bonds is 10. The molecule has 0 aliphatic rings. The molecular formula is C23H25N5O5S. The molecule has 178 valence electrons. The standard InChI is InChI=1S/C23H25N5O5S/c1-5-31-18-11-15(12-19(32-6-2)20(18)33-7-3)21(29)25-16-10-14(8-9-17(16)30-4)22-27-28-13-24-26-23(28)34-22/h8-13H,5-7H2,1-4H3,(H,25,29). The van der Waals surface area contributed by atoms with Crippen molar-refractivity contribution in [2.24, 2.45) is 0 Å². The van der Waals surface area contributed by atoms with Crippen molar-refractivity contribution in [3.63, 3.8) is 0 Å². The molecule has 2 aromatic carbocycles. The SMILES string of the molecule is CCOc1cc(C(=O)Nc2cc(-c3nn4cnnc4s3)ccc2OC)cc(OCC)c1OCC. The molecule has 11 heteroatoms. The van der Waals surface area contributed by atoms with Gasteiger partial charge in [0, 0.05) is 11.1 Å². The summed E-state index contributed by atoms with van der Waals surface area (Å²) in [5.41, 5.74) is 1.67. The Hall–Kier alpha value is -3.86. The Kier molecular flexibility index (Phi) is 7.12. The summed E-state index contributed by atoms with van der Waals surface area (Å²) in [6.45, 7) is 6.88. The minimum absolute atomic E-state index is 0.349. The van der Waals surface area contributed by atoms with Crippen molar-refractivity contribution in [3.8, 4) is 33.6 Å². The lowest BCUT2D eigenvalue weighted by atomic mass is 10.1. The first-order valence-electron chi connectivity index (χ1n) is 10.8. The van der Waals surface area contributed by atoms with Crippen molar-refractivity contribution in [3.05, 3.63) is 42.2 Å². The number of benzene rings is 2. The average Bonchev–Trinajstić information content (AvgIpc) is 3.44. The van der Waals surface area contributed by atoms with E-state index in [2.05, 4.69) is 20.6 Å². The van der Waals surface area contributed by atoms with E-state index >= 15 is 0 Å². The fraction of sp³-hybridized carbons (Fsp3) is 0.304. The van der Waals surface area contributed by atoms with E-state index in [0.717, 1.165) is 10.6 Å². The Morgan fingerprint density at radius 1 is 1.00 bits per heavy atom. The van der Waals surface area contributed by atoms with E-state index in [1.54, 1.807) is 36.2 Å². The maximum atomic E-state index is 13.3. The number of aromatic nitrogens is 4. The van der Waals surface area contributed by atoms with Crippen molar-refractivity contribution in [2.45, 2.75) is 20.8 Å². The molecule has 1 N–H and O–H groups in total. The lowest BCUT2D eigenvalue weighted by Gasteiger charge is -2.17. The van der Waals surface area contributed by atoms with Gasteiger partial charge in [0.15, 0.2) is 11.5 Å². The molecule has 0 saturated heterocycles. The van der Waals surface area contributed by atoms with Crippen LogP contribution in [-0.4, -0.2) is 52.6 Å². The molecule has 0 spiro atoms. The molecule has 34 heavy (non-hydrogen) atoms. The molecule has 2 heterocycles. The molecule has 0 radical (unpaired) electrons. The van der Waals surface area contributed by atoms with Crippen LogP contribution in [0, 0.1) is 0 Å². The van der Waals surface area contributed by atoms with Gasteiger partial charge in [0.1, 0.15) is 17.1 Å². The Morgan fingerprint density at radius 3 is 2.32 bits per heavy atom. The zero-order valence-corrected chi connectivity index (χ0v) is 20.1. The minimum atomic E-state index is -0.349. The second-order valence-corrected chi connectivity index (χ2v) is 7.89. The monoisotopic (exact) mass is 483 g/mol. The number of methoxy groups -OCH3 is 1. The van der Waals surface area contributed by atoms with Crippen LogP contribution in [0.15, 0.2) is 36.7 Å². The number of carbonyl (C=O) groups excluding carboxylic acids is 1. The van der Waals surface area contributed by atoms with Gasteiger partial charge in [0.25, 0.3) is 5.91 Å². The van der Waals surface area contributed by atoms with Crippen molar-refractivity contribution in [2.75, 3.05) is 32.2 Å². The fourth-order valence-electron chi connectivity index (χ4n) is 3.33. The number of nitrogens with one attached hydrogen (secondary N) is 1. The van der Waals surface area contributed by atoms with Crippen LogP contribution in [0.4, 0.5) is 5.69 Å². The third-order valence-corrected chi connectivity index (χ3v) is 5.71.